The number of benzene rings is 1. The minimum absolute atomic E-state index is 0.00562. The maximum atomic E-state index is 11.3. The summed E-state index contributed by atoms with van der Waals surface area (Å²) < 4.78 is 0. The van der Waals surface area contributed by atoms with Crippen LogP contribution < -0.4 is 11.1 Å². The van der Waals surface area contributed by atoms with Gasteiger partial charge in [-0.2, -0.15) is 10.2 Å². The molecule has 6 nitrogen and oxygen atoms in total. The first kappa shape index (κ1) is 13.8. The van der Waals surface area contributed by atoms with Gasteiger partial charge in [-0.25, -0.2) is 4.98 Å². The molecule has 3 N–H and O–H groups in total. The van der Waals surface area contributed by atoms with Crippen molar-refractivity contribution < 1.29 is 4.79 Å². The monoisotopic (exact) mass is 287 g/mol. The lowest BCUT2D eigenvalue weighted by atomic mass is 10.1. The Labute approximate surface area is 120 Å². The summed E-state index contributed by atoms with van der Waals surface area (Å²) in [4.78, 5) is 18.9. The first-order valence-electron chi connectivity index (χ1n) is 5.66. The third kappa shape index (κ3) is 3.02. The van der Waals surface area contributed by atoms with Gasteiger partial charge in [-0.15, -0.1) is 0 Å². The van der Waals surface area contributed by atoms with Crippen molar-refractivity contribution in [1.29, 1.82) is 5.26 Å². The molecule has 0 aliphatic heterocycles. The fourth-order valence-electron chi connectivity index (χ4n) is 1.64. The molecule has 1 aromatic heterocycles. The van der Waals surface area contributed by atoms with Crippen molar-refractivity contribution in [1.82, 2.24) is 9.97 Å². The number of hydrogen-bond acceptors (Lipinski definition) is 5. The standard InChI is InChI=1S/C13H10ClN5O/c14-13-18-7-10(11(16)20)12(19-13)17-6-9-4-2-1-3-8(9)5-15/h1-4,7H,6H2,(H2,16,20)(H,17,18,19). The van der Waals surface area contributed by atoms with Gasteiger partial charge in [0.05, 0.1) is 17.2 Å². The van der Waals surface area contributed by atoms with Crippen molar-refractivity contribution in [3.05, 3.63) is 52.4 Å². The number of rotatable bonds is 4. The highest BCUT2D eigenvalue weighted by molar-refractivity contribution is 6.28. The molecule has 0 aliphatic carbocycles. The summed E-state index contributed by atoms with van der Waals surface area (Å²) in [5, 5.41) is 11.9. The molecule has 100 valence electrons. The fourth-order valence-corrected chi connectivity index (χ4v) is 1.77. The zero-order chi connectivity index (χ0) is 14.5. The Morgan fingerprint density at radius 2 is 2.20 bits per heavy atom. The maximum absolute atomic E-state index is 11.3. The lowest BCUT2D eigenvalue weighted by Gasteiger charge is -2.09. The number of nitrogens with zero attached hydrogens (tertiary/aromatic N) is 3. The van der Waals surface area contributed by atoms with Gasteiger partial charge in [0.2, 0.25) is 5.28 Å². The van der Waals surface area contributed by atoms with E-state index in [1.54, 1.807) is 18.2 Å². The van der Waals surface area contributed by atoms with Crippen molar-refractivity contribution in [2.45, 2.75) is 6.54 Å². The van der Waals surface area contributed by atoms with Crippen LogP contribution in [0.3, 0.4) is 0 Å². The van der Waals surface area contributed by atoms with Gasteiger partial charge in [0.1, 0.15) is 5.82 Å². The molecule has 1 amide bonds. The van der Waals surface area contributed by atoms with Gasteiger partial charge in [0.15, 0.2) is 0 Å². The van der Waals surface area contributed by atoms with Gasteiger partial charge in [-0.1, -0.05) is 18.2 Å². The van der Waals surface area contributed by atoms with Crippen molar-refractivity contribution in [3.63, 3.8) is 0 Å². The molecule has 2 rings (SSSR count). The minimum Gasteiger partial charge on any atom is -0.365 e. The van der Waals surface area contributed by atoms with E-state index in [2.05, 4.69) is 21.4 Å². The fraction of sp³-hybridized carbons (Fsp3) is 0.0769. The second kappa shape index (κ2) is 5.99. The minimum atomic E-state index is -0.655. The molecule has 7 heteroatoms. The third-order valence-electron chi connectivity index (χ3n) is 2.61. The third-order valence-corrected chi connectivity index (χ3v) is 2.79. The number of nitriles is 1. The van der Waals surface area contributed by atoms with Crippen molar-refractivity contribution in [2.75, 3.05) is 5.32 Å². The molecule has 20 heavy (non-hydrogen) atoms. The first-order valence-corrected chi connectivity index (χ1v) is 6.04. The van der Waals surface area contributed by atoms with Crippen LogP contribution in [0.4, 0.5) is 5.82 Å². The number of anilines is 1. The summed E-state index contributed by atoms with van der Waals surface area (Å²) in [6.07, 6.45) is 1.26. The number of primary amides is 1. The van der Waals surface area contributed by atoms with E-state index in [9.17, 15) is 4.79 Å². The zero-order valence-electron chi connectivity index (χ0n) is 10.3. The Morgan fingerprint density at radius 3 is 2.90 bits per heavy atom. The van der Waals surface area contributed by atoms with Gasteiger partial charge in [0, 0.05) is 12.7 Å². The largest absolute Gasteiger partial charge is 0.365 e. The predicted octanol–water partition coefficient (Wildman–Crippen LogP) is 1.71. The molecular weight excluding hydrogens is 278 g/mol. The molecule has 0 atom stereocenters. The lowest BCUT2D eigenvalue weighted by Crippen LogP contribution is -2.16. The molecular formula is C13H10ClN5O. The van der Waals surface area contributed by atoms with E-state index in [4.69, 9.17) is 22.6 Å². The highest BCUT2D eigenvalue weighted by atomic mass is 35.5. The zero-order valence-corrected chi connectivity index (χ0v) is 11.1. The van der Waals surface area contributed by atoms with Crippen LogP contribution in [0, 0.1) is 11.3 Å². The van der Waals surface area contributed by atoms with Gasteiger partial charge in [0.25, 0.3) is 5.91 Å². The molecule has 0 saturated carbocycles. The summed E-state index contributed by atoms with van der Waals surface area (Å²) in [6, 6.07) is 9.20. The van der Waals surface area contributed by atoms with Crippen LogP contribution in [0.15, 0.2) is 30.5 Å². The average molecular weight is 288 g/mol. The molecule has 1 aromatic carbocycles. The van der Waals surface area contributed by atoms with E-state index in [0.717, 1.165) is 5.56 Å². The van der Waals surface area contributed by atoms with Gasteiger partial charge in [-0.3, -0.25) is 4.79 Å². The quantitative estimate of drug-likeness (QED) is 0.833. The summed E-state index contributed by atoms with van der Waals surface area (Å²) in [6.45, 7) is 0.317. The summed E-state index contributed by atoms with van der Waals surface area (Å²) in [5.41, 5.74) is 6.70. The van der Waals surface area contributed by atoms with Crippen LogP contribution >= 0.6 is 11.6 Å². The molecule has 1 heterocycles. The summed E-state index contributed by atoms with van der Waals surface area (Å²) in [7, 11) is 0. The molecule has 0 bridgehead atoms. The maximum Gasteiger partial charge on any atom is 0.254 e. The lowest BCUT2D eigenvalue weighted by molar-refractivity contribution is 0.100. The first-order chi connectivity index (χ1) is 9.61. The Balaban J connectivity index is 2.25. The Kier molecular flexibility index (Phi) is 4.13. The molecule has 0 fully saturated rings. The van der Waals surface area contributed by atoms with Crippen LogP contribution in [0.25, 0.3) is 0 Å². The number of nitrogens with one attached hydrogen (secondary N) is 1. The van der Waals surface area contributed by atoms with Crippen LogP contribution in [0.2, 0.25) is 5.28 Å². The average Bonchev–Trinajstić information content (AvgIpc) is 2.45. The molecule has 0 saturated heterocycles. The highest BCUT2D eigenvalue weighted by Gasteiger charge is 2.11. The molecule has 2 aromatic rings. The molecule has 0 aliphatic rings. The van der Waals surface area contributed by atoms with Crippen molar-refractivity contribution in [3.8, 4) is 6.07 Å². The van der Waals surface area contributed by atoms with E-state index < -0.39 is 5.91 Å². The van der Waals surface area contributed by atoms with E-state index in [1.807, 2.05) is 6.07 Å². The number of carbonyl (C=O) groups is 1. The SMILES string of the molecule is N#Cc1ccccc1CNc1nc(Cl)ncc1C(N)=O. The number of hydrogen-bond donors (Lipinski definition) is 2. The van der Waals surface area contributed by atoms with Gasteiger partial charge < -0.3 is 11.1 Å². The van der Waals surface area contributed by atoms with Crippen molar-refractivity contribution >= 4 is 23.3 Å². The second-order valence-electron chi connectivity index (χ2n) is 3.89. The summed E-state index contributed by atoms with van der Waals surface area (Å²) in [5.74, 6) is -0.414. The van der Waals surface area contributed by atoms with Crippen LogP contribution in [0.5, 0.6) is 0 Å². The Morgan fingerprint density at radius 1 is 1.45 bits per heavy atom. The van der Waals surface area contributed by atoms with Crippen LogP contribution in [0.1, 0.15) is 21.5 Å². The normalized spacial score (nSPS) is 9.80. The van der Waals surface area contributed by atoms with Gasteiger partial charge in [-0.05, 0) is 23.2 Å². The Hall–Kier alpha value is -2.65. The van der Waals surface area contributed by atoms with E-state index in [0.29, 0.717) is 12.1 Å². The van der Waals surface area contributed by atoms with E-state index in [-0.39, 0.29) is 16.7 Å². The van der Waals surface area contributed by atoms with Gasteiger partial charge >= 0.3 is 0 Å². The Bertz CT molecular complexity index is 695. The number of halogens is 1. The van der Waals surface area contributed by atoms with E-state index >= 15 is 0 Å². The van der Waals surface area contributed by atoms with Crippen LogP contribution in [-0.4, -0.2) is 15.9 Å². The number of nitrogens with two attached hydrogens (primary N) is 1. The molecule has 0 radical (unpaired) electrons. The molecule has 0 unspecified atom stereocenters. The number of amides is 1. The number of aromatic nitrogens is 2. The highest BCUT2D eigenvalue weighted by Crippen LogP contribution is 2.16. The number of carbonyl (C=O) groups excluding carboxylic acids is 1. The van der Waals surface area contributed by atoms with E-state index in [1.165, 1.54) is 6.20 Å². The predicted molar refractivity (Wildman–Crippen MR) is 74.0 cm³/mol. The summed E-state index contributed by atoms with van der Waals surface area (Å²) >= 11 is 5.70. The second-order valence-corrected chi connectivity index (χ2v) is 4.23. The van der Waals surface area contributed by atoms with Crippen molar-refractivity contribution in [2.24, 2.45) is 5.73 Å². The topological polar surface area (TPSA) is 105 Å². The van der Waals surface area contributed by atoms with Crippen LogP contribution in [-0.2, 0) is 6.54 Å². The smallest absolute Gasteiger partial charge is 0.254 e. The molecule has 0 spiro atoms.